The number of fused-ring (bicyclic) bond motifs is 8. The van der Waals surface area contributed by atoms with E-state index in [-0.39, 0.29) is 73.0 Å². The van der Waals surface area contributed by atoms with Gasteiger partial charge in [0.15, 0.2) is 17.3 Å². The predicted octanol–water partition coefficient (Wildman–Crippen LogP) is 9.03. The van der Waals surface area contributed by atoms with Gasteiger partial charge in [-0.1, -0.05) is 64.1 Å². The van der Waals surface area contributed by atoms with Gasteiger partial charge in [0.05, 0.1) is 25.3 Å². The molecule has 0 bridgehead atoms. The molecule has 5 atom stereocenters. The molecule has 0 fully saturated rings. The van der Waals surface area contributed by atoms with Crippen molar-refractivity contribution in [1.82, 2.24) is 5.32 Å². The molecule has 5 aromatic carbocycles. The molecule has 9 rings (SSSR count). The summed E-state index contributed by atoms with van der Waals surface area (Å²) in [5.74, 6) is -0.293. The summed E-state index contributed by atoms with van der Waals surface area (Å²) in [6.45, 7) is 11.5. The van der Waals surface area contributed by atoms with E-state index in [1.165, 1.54) is 5.56 Å². The molecular formula is C58H64N4O9. The fraction of sp³-hybridized carbons (Fsp3) is 0.397. The Bertz CT molecular complexity index is 2920. The van der Waals surface area contributed by atoms with E-state index in [1.807, 2.05) is 90.7 Å². The Labute approximate surface area is 415 Å². The van der Waals surface area contributed by atoms with Crippen LogP contribution in [0.2, 0.25) is 0 Å². The number of aliphatic hydroxyl groups is 1. The Balaban J connectivity index is 0.945. The number of nitrogens with zero attached hydrogens (tertiary/aromatic N) is 2. The number of carbonyl (C=O) groups is 5. The Hall–Kier alpha value is -6.99. The van der Waals surface area contributed by atoms with Gasteiger partial charge in [-0.2, -0.15) is 0 Å². The average Bonchev–Trinajstić information content (AvgIpc) is 3.86. The molecular weight excluding hydrogens is 897 g/mol. The Morgan fingerprint density at radius 2 is 1.37 bits per heavy atom. The minimum atomic E-state index is -0.780. The summed E-state index contributed by atoms with van der Waals surface area (Å²) >= 11 is 0. The van der Waals surface area contributed by atoms with Crippen LogP contribution in [0.3, 0.4) is 0 Å². The van der Waals surface area contributed by atoms with Crippen LogP contribution >= 0.6 is 0 Å². The van der Waals surface area contributed by atoms with Crippen LogP contribution < -0.4 is 34.6 Å². The lowest BCUT2D eigenvalue weighted by molar-refractivity contribution is -0.129. The monoisotopic (exact) mass is 960 g/mol. The van der Waals surface area contributed by atoms with Crippen LogP contribution in [0.25, 0.3) is 0 Å². The molecule has 370 valence electrons. The van der Waals surface area contributed by atoms with E-state index in [2.05, 4.69) is 37.5 Å². The van der Waals surface area contributed by atoms with Crippen molar-refractivity contribution >= 4 is 46.5 Å². The number of aliphatic hydroxyl groups excluding tert-OH is 1. The largest absolute Gasteiger partial charge is 0.493 e. The standard InChI is InChI=1S/C58H64N4O9/c1-33-20-44-41(27-50(64)48-26-40-13-9-11-15-47(40)62(48)57(44)68)29-51(33)70-31-36-22-37(24-42(23-36)60-55(66)34(2)21-49(63)35(3)59-54(65)18-19-58(4,5)6)32-71-53-28-38-16-17-43-25-39-12-8-10-14-46(39)61(43)56(67)45(38)30-52(53)69-7/h8-15,20,22-24,28-30,34-35,43,48,50,64H,16-19,21,25-27,31-32H2,1-7H3,(H,59,65)(H,60,66)/t34-,35+,43-,48+,50?/m1/s1. The number of carbonyl (C=O) groups excluding carboxylic acids is 5. The van der Waals surface area contributed by atoms with Crippen molar-refractivity contribution < 1.29 is 43.3 Å². The maximum atomic E-state index is 14.1. The molecule has 13 nitrogen and oxygen atoms in total. The Kier molecular flexibility index (Phi) is 13.8. The summed E-state index contributed by atoms with van der Waals surface area (Å²) in [4.78, 5) is 71.6. The van der Waals surface area contributed by atoms with Gasteiger partial charge < -0.3 is 39.8 Å². The first kappa shape index (κ1) is 49.0. The fourth-order valence-electron chi connectivity index (χ4n) is 10.5. The highest BCUT2D eigenvalue weighted by Gasteiger charge is 2.42. The lowest BCUT2D eigenvalue weighted by Crippen LogP contribution is -2.43. The molecule has 0 saturated heterocycles. The second-order valence-electron chi connectivity index (χ2n) is 21.0. The van der Waals surface area contributed by atoms with Crippen molar-refractivity contribution in [3.05, 3.63) is 141 Å². The zero-order valence-electron chi connectivity index (χ0n) is 41.7. The topological polar surface area (TPSA) is 164 Å². The minimum absolute atomic E-state index is 0.0217. The van der Waals surface area contributed by atoms with E-state index in [1.54, 1.807) is 31.9 Å². The second-order valence-corrected chi connectivity index (χ2v) is 21.0. The maximum absolute atomic E-state index is 14.1. The summed E-state index contributed by atoms with van der Waals surface area (Å²) in [5.41, 5.74) is 9.29. The predicted molar refractivity (Wildman–Crippen MR) is 273 cm³/mol. The van der Waals surface area contributed by atoms with Gasteiger partial charge in [0.25, 0.3) is 11.8 Å². The SMILES string of the molecule is COc1cc2c(cc1OCc1cc(COc3cc4c(cc3C)C(=O)N3c5ccccc5C[C@H]3C(O)C4)cc(NC(=O)[C@H](C)CC(=O)[C@H](C)NC(=O)CCC(C)(C)C)c1)CC[C@@H]1Cc3ccccc3N1C2=O. The molecule has 0 aromatic heterocycles. The molecule has 71 heavy (non-hydrogen) atoms. The Morgan fingerprint density at radius 1 is 0.746 bits per heavy atom. The van der Waals surface area contributed by atoms with Crippen molar-refractivity contribution in [3.63, 3.8) is 0 Å². The number of nitrogens with one attached hydrogen (secondary N) is 2. The van der Waals surface area contributed by atoms with E-state index in [0.29, 0.717) is 76.4 Å². The number of Topliss-reactive ketones (excluding diaryl/α,β-unsaturated/α-hetero) is 1. The van der Waals surface area contributed by atoms with Crippen LogP contribution in [0.5, 0.6) is 17.2 Å². The summed E-state index contributed by atoms with van der Waals surface area (Å²) in [5, 5.41) is 17.3. The summed E-state index contributed by atoms with van der Waals surface area (Å²) in [6.07, 6.45) is 3.29. The van der Waals surface area contributed by atoms with Crippen LogP contribution in [-0.4, -0.2) is 65.9 Å². The molecule has 4 amide bonds. The molecule has 1 unspecified atom stereocenters. The molecule has 0 saturated carbocycles. The first-order valence-electron chi connectivity index (χ1n) is 24.8. The number of amides is 4. The summed E-state index contributed by atoms with van der Waals surface area (Å²) in [6, 6.07) is 27.7. The molecule has 0 aliphatic carbocycles. The first-order valence-corrected chi connectivity index (χ1v) is 24.8. The zero-order valence-corrected chi connectivity index (χ0v) is 41.7. The van der Waals surface area contributed by atoms with Crippen LogP contribution in [0, 0.1) is 18.3 Å². The van der Waals surface area contributed by atoms with Gasteiger partial charge in [-0.15, -0.1) is 0 Å². The van der Waals surface area contributed by atoms with Gasteiger partial charge in [-0.05, 0) is 145 Å². The molecule has 4 aliphatic rings. The third-order valence-electron chi connectivity index (χ3n) is 14.4. The third kappa shape index (κ3) is 10.4. The zero-order chi connectivity index (χ0) is 50.3. The van der Waals surface area contributed by atoms with Gasteiger partial charge in [0, 0.05) is 59.4 Å². The molecule has 5 aromatic rings. The lowest BCUT2D eigenvalue weighted by atomic mass is 9.90. The molecule has 0 spiro atoms. The van der Waals surface area contributed by atoms with Gasteiger partial charge in [0.1, 0.15) is 19.0 Å². The van der Waals surface area contributed by atoms with Gasteiger partial charge in [0.2, 0.25) is 11.8 Å². The smallest absolute Gasteiger partial charge is 0.258 e. The third-order valence-corrected chi connectivity index (χ3v) is 14.4. The summed E-state index contributed by atoms with van der Waals surface area (Å²) < 4.78 is 18.8. The number of aryl methyl sites for hydroxylation is 2. The van der Waals surface area contributed by atoms with E-state index in [0.717, 1.165) is 40.9 Å². The second kappa shape index (κ2) is 20.0. The van der Waals surface area contributed by atoms with E-state index < -0.39 is 18.1 Å². The van der Waals surface area contributed by atoms with Crippen molar-refractivity contribution in [3.8, 4) is 17.2 Å². The quantitative estimate of drug-likeness (QED) is 0.0929. The summed E-state index contributed by atoms with van der Waals surface area (Å²) in [7, 11) is 1.55. The molecule has 0 radical (unpaired) electrons. The van der Waals surface area contributed by atoms with Crippen molar-refractivity contribution in [1.29, 1.82) is 0 Å². The Morgan fingerprint density at radius 3 is 2.06 bits per heavy atom. The number of methoxy groups -OCH3 is 1. The number of hydrogen-bond donors (Lipinski definition) is 3. The van der Waals surface area contributed by atoms with Crippen molar-refractivity contribution in [2.75, 3.05) is 22.2 Å². The lowest BCUT2D eigenvalue weighted by Gasteiger charge is -2.26. The van der Waals surface area contributed by atoms with Crippen LogP contribution in [0.1, 0.15) is 120 Å². The van der Waals surface area contributed by atoms with Crippen molar-refractivity contribution in [2.24, 2.45) is 11.3 Å². The highest BCUT2D eigenvalue weighted by molar-refractivity contribution is 6.10. The van der Waals surface area contributed by atoms with Gasteiger partial charge >= 0.3 is 0 Å². The van der Waals surface area contributed by atoms with E-state index >= 15 is 0 Å². The molecule has 3 N–H and O–H groups in total. The van der Waals surface area contributed by atoms with Crippen LogP contribution in [-0.2, 0) is 53.3 Å². The van der Waals surface area contributed by atoms with Crippen molar-refractivity contribution in [2.45, 2.75) is 130 Å². The fourth-order valence-corrected chi connectivity index (χ4v) is 10.5. The number of hydrogen-bond acceptors (Lipinski definition) is 9. The molecule has 4 aliphatic heterocycles. The minimum Gasteiger partial charge on any atom is -0.493 e. The first-order chi connectivity index (χ1) is 33.9. The molecule has 13 heteroatoms. The number of ketones is 1. The van der Waals surface area contributed by atoms with Gasteiger partial charge in [-0.25, -0.2) is 0 Å². The van der Waals surface area contributed by atoms with Crippen LogP contribution in [0.15, 0.2) is 91.0 Å². The number of ether oxygens (including phenoxy) is 3. The maximum Gasteiger partial charge on any atom is 0.258 e. The van der Waals surface area contributed by atoms with E-state index in [9.17, 15) is 29.1 Å². The van der Waals surface area contributed by atoms with E-state index in [4.69, 9.17) is 14.2 Å². The van der Waals surface area contributed by atoms with Gasteiger partial charge in [-0.3, -0.25) is 24.0 Å². The number of para-hydroxylation sites is 2. The average molecular weight is 961 g/mol. The van der Waals surface area contributed by atoms with Crippen LogP contribution in [0.4, 0.5) is 17.1 Å². The highest BCUT2D eigenvalue weighted by Crippen LogP contribution is 2.42. The normalized spacial score (nSPS) is 18.6. The number of benzene rings is 5. The number of rotatable bonds is 15. The number of anilines is 3. The highest BCUT2D eigenvalue weighted by atomic mass is 16.5. The molecule has 4 heterocycles.